The predicted octanol–water partition coefficient (Wildman–Crippen LogP) is 0.983. The van der Waals surface area contributed by atoms with Crippen LogP contribution in [0.4, 0.5) is 0 Å². The molecule has 0 aliphatic heterocycles. The first-order valence-corrected chi connectivity index (χ1v) is 19.2. The summed E-state index contributed by atoms with van der Waals surface area (Å²) < 4.78 is 25.0. The molecule has 15 nitrogen and oxygen atoms in total. The van der Waals surface area contributed by atoms with E-state index in [0.717, 1.165) is 0 Å². The molecule has 0 heterocycles. The van der Waals surface area contributed by atoms with Crippen LogP contribution in [-0.2, 0) is 50.4 Å². The zero-order valence-corrected chi connectivity index (χ0v) is 30.1. The second kappa shape index (κ2) is 18.5. The molecular weight excluding hydrogens is 681 g/mol. The molecule has 0 bridgehead atoms. The Morgan fingerprint density at radius 2 is 1.12 bits per heavy atom. The number of aliphatic carboxylic acids is 3. The molecule has 6 atom stereocenters. The molecule has 2 aliphatic rings. The lowest BCUT2D eigenvalue weighted by atomic mass is 10.1. The van der Waals surface area contributed by atoms with Gasteiger partial charge in [-0.2, -0.15) is 0 Å². The molecule has 0 aromatic rings. The highest BCUT2D eigenvalue weighted by molar-refractivity contribution is 7.85. The Hall–Kier alpha value is -3.44. The average molecular weight is 731 g/mol. The van der Waals surface area contributed by atoms with Gasteiger partial charge in [-0.1, -0.05) is 39.8 Å². The number of allylic oxidation sites excluding steroid dienone is 2. The van der Waals surface area contributed by atoms with Gasteiger partial charge in [0.05, 0.1) is 11.8 Å². The maximum atomic E-state index is 12.5. The summed E-state index contributed by atoms with van der Waals surface area (Å²) in [4.78, 5) is 71.6. The van der Waals surface area contributed by atoms with Crippen LogP contribution < -0.4 is 21.7 Å². The zero-order valence-electron chi connectivity index (χ0n) is 28.5. The van der Waals surface area contributed by atoms with Gasteiger partial charge >= 0.3 is 17.9 Å². The van der Waals surface area contributed by atoms with Crippen LogP contribution in [0.2, 0.25) is 0 Å². The second-order valence-corrected chi connectivity index (χ2v) is 17.2. The third-order valence-corrected chi connectivity index (χ3v) is 11.6. The highest BCUT2D eigenvalue weighted by atomic mass is 32.2. The molecule has 17 heteroatoms. The van der Waals surface area contributed by atoms with Crippen LogP contribution in [0.1, 0.15) is 79.1 Å². The van der Waals surface area contributed by atoms with Gasteiger partial charge in [-0.3, -0.25) is 22.8 Å². The van der Waals surface area contributed by atoms with Crippen LogP contribution in [0, 0.1) is 22.7 Å². The minimum atomic E-state index is -1.64. The van der Waals surface area contributed by atoms with Crippen molar-refractivity contribution in [3.05, 3.63) is 23.5 Å². The van der Waals surface area contributed by atoms with Gasteiger partial charge in [0.25, 0.3) is 0 Å². The number of nitrogens with one attached hydrogen (secondary N) is 3. The predicted molar refractivity (Wildman–Crippen MR) is 182 cm³/mol. The number of carboxylic acid groups (broad SMARTS) is 3. The average Bonchev–Trinajstić information content (AvgIpc) is 3.86. The van der Waals surface area contributed by atoms with E-state index in [9.17, 15) is 52.5 Å². The van der Waals surface area contributed by atoms with E-state index in [1.807, 2.05) is 27.7 Å². The SMILES string of the molecule is CC1(C)C[C@@H]1C(=O)N/C(=C\CCCCS(=O)C[C@H](NC(=O)[C@@H](N)CS(=O)CCCC/C=C(\NC(=O)[C@H]1CC1(C)C)C(=O)O)C(=O)O)C(=O)O. The zero-order chi connectivity index (χ0) is 37.1. The van der Waals surface area contributed by atoms with E-state index >= 15 is 0 Å². The van der Waals surface area contributed by atoms with Crippen LogP contribution in [0.5, 0.6) is 0 Å². The van der Waals surface area contributed by atoms with E-state index in [2.05, 4.69) is 16.0 Å². The lowest BCUT2D eigenvalue weighted by molar-refractivity contribution is -0.141. The molecule has 2 unspecified atom stereocenters. The molecule has 276 valence electrons. The summed E-state index contributed by atoms with van der Waals surface area (Å²) in [6, 6.07) is -2.77. The summed E-state index contributed by atoms with van der Waals surface area (Å²) >= 11 is 0. The van der Waals surface area contributed by atoms with Crippen LogP contribution in [0.3, 0.4) is 0 Å². The lowest BCUT2D eigenvalue weighted by Crippen LogP contribution is -2.52. The largest absolute Gasteiger partial charge is 0.480 e. The first kappa shape index (κ1) is 41.7. The van der Waals surface area contributed by atoms with Crippen LogP contribution in [-0.4, -0.2) is 94.5 Å². The standard InChI is InChI=1S/C32H50N4O11S2/c1-31(2)15-19(31)25(37)34-22(28(40)41)11-7-5-9-13-48(46)17-21(33)27(39)36-24(30(44)45)18-49(47)14-10-6-8-12-23(29(42)43)35-26(38)20-16-32(20,3)4/h11-12,19-21,24H,5-10,13-18,33H2,1-4H3,(H,34,37)(H,35,38)(H,36,39)(H,40,41)(H,42,43)(H,44,45)/b22-11-,23-12-/t19-,20-,21+,24+,48?,49?/m1/s1. The van der Waals surface area contributed by atoms with Crippen LogP contribution >= 0.6 is 0 Å². The third-order valence-electron chi connectivity index (χ3n) is 8.65. The van der Waals surface area contributed by atoms with Crippen molar-refractivity contribution in [3.63, 3.8) is 0 Å². The van der Waals surface area contributed by atoms with E-state index < -0.39 is 57.5 Å². The second-order valence-electron chi connectivity index (χ2n) is 13.9. The first-order valence-electron chi connectivity index (χ1n) is 16.2. The van der Waals surface area contributed by atoms with Gasteiger partial charge in [0.15, 0.2) is 0 Å². The molecule has 49 heavy (non-hydrogen) atoms. The maximum Gasteiger partial charge on any atom is 0.352 e. The van der Waals surface area contributed by atoms with Crippen molar-refractivity contribution in [2.45, 2.75) is 91.1 Å². The Labute approximate surface area is 291 Å². The molecule has 0 aromatic carbocycles. The molecule has 0 saturated heterocycles. The van der Waals surface area contributed by atoms with E-state index in [-0.39, 0.29) is 75.3 Å². The molecular formula is C32H50N4O11S2. The van der Waals surface area contributed by atoms with Gasteiger partial charge in [0.1, 0.15) is 17.4 Å². The normalized spacial score (nSPS) is 21.7. The molecule has 0 spiro atoms. The number of hydrogen-bond acceptors (Lipinski definition) is 9. The van der Waals surface area contributed by atoms with E-state index in [1.54, 1.807) is 0 Å². The van der Waals surface area contributed by atoms with Crippen molar-refractivity contribution in [1.82, 2.24) is 16.0 Å². The Bertz CT molecular complexity index is 1390. The number of carbonyl (C=O) groups is 6. The summed E-state index contributed by atoms with van der Waals surface area (Å²) in [5, 5.41) is 35.4. The van der Waals surface area contributed by atoms with Crippen molar-refractivity contribution in [3.8, 4) is 0 Å². The maximum absolute atomic E-state index is 12.5. The van der Waals surface area contributed by atoms with Crippen molar-refractivity contribution in [2.24, 2.45) is 28.4 Å². The van der Waals surface area contributed by atoms with E-state index in [4.69, 9.17) is 5.73 Å². The van der Waals surface area contributed by atoms with E-state index in [0.29, 0.717) is 44.9 Å². The highest BCUT2D eigenvalue weighted by Crippen LogP contribution is 2.52. The number of carboxylic acids is 3. The Morgan fingerprint density at radius 3 is 1.47 bits per heavy atom. The minimum absolute atomic E-state index is 0.100. The highest BCUT2D eigenvalue weighted by Gasteiger charge is 2.51. The van der Waals surface area contributed by atoms with Crippen LogP contribution in [0.25, 0.3) is 0 Å². The summed E-state index contributed by atoms with van der Waals surface area (Å²) in [7, 11) is -3.17. The van der Waals surface area contributed by atoms with Gasteiger partial charge in [0, 0.05) is 50.7 Å². The fourth-order valence-electron chi connectivity index (χ4n) is 5.04. The molecule has 0 radical (unpaired) electrons. The van der Waals surface area contributed by atoms with Crippen molar-refractivity contribution >= 4 is 57.2 Å². The molecule has 2 fully saturated rings. The minimum Gasteiger partial charge on any atom is -0.480 e. The van der Waals surface area contributed by atoms with Gasteiger partial charge in [0.2, 0.25) is 17.7 Å². The Balaban J connectivity index is 1.69. The Morgan fingerprint density at radius 1 is 0.735 bits per heavy atom. The molecule has 8 N–H and O–H groups in total. The number of rotatable bonds is 23. The summed E-state index contributed by atoms with van der Waals surface area (Å²) in [5.41, 5.74) is 5.13. The molecule has 2 aliphatic carbocycles. The molecule has 2 rings (SSSR count). The van der Waals surface area contributed by atoms with Gasteiger partial charge in [-0.25, -0.2) is 14.4 Å². The van der Waals surface area contributed by atoms with Crippen LogP contribution in [0.15, 0.2) is 23.5 Å². The smallest absolute Gasteiger partial charge is 0.352 e. The van der Waals surface area contributed by atoms with Crippen molar-refractivity contribution in [1.29, 1.82) is 0 Å². The van der Waals surface area contributed by atoms with Gasteiger partial charge < -0.3 is 37.0 Å². The monoisotopic (exact) mass is 730 g/mol. The third kappa shape index (κ3) is 14.5. The number of carbonyl (C=O) groups excluding carboxylic acids is 3. The summed E-state index contributed by atoms with van der Waals surface area (Å²) in [6.45, 7) is 7.70. The molecule has 0 aromatic heterocycles. The number of hydrogen-bond donors (Lipinski definition) is 7. The fourth-order valence-corrected chi connectivity index (χ4v) is 7.58. The van der Waals surface area contributed by atoms with Crippen molar-refractivity contribution in [2.75, 3.05) is 23.0 Å². The van der Waals surface area contributed by atoms with Gasteiger partial charge in [-0.05, 0) is 62.2 Å². The molecule has 3 amide bonds. The lowest BCUT2D eigenvalue weighted by Gasteiger charge is -2.17. The molecule has 2 saturated carbocycles. The Kier molecular flexibility index (Phi) is 15.8. The number of nitrogens with two attached hydrogens (primary N) is 1. The topological polar surface area (TPSA) is 259 Å². The number of amides is 3. The quantitative estimate of drug-likeness (QED) is 0.0574. The van der Waals surface area contributed by atoms with Gasteiger partial charge in [-0.15, -0.1) is 0 Å². The van der Waals surface area contributed by atoms with Crippen molar-refractivity contribution < 1.29 is 52.5 Å². The summed E-state index contributed by atoms with van der Waals surface area (Å²) in [5.74, 6) is -6.28. The first-order chi connectivity index (χ1) is 22.7. The van der Waals surface area contributed by atoms with E-state index in [1.165, 1.54) is 12.2 Å². The summed E-state index contributed by atoms with van der Waals surface area (Å²) in [6.07, 6.45) is 6.45. The fraction of sp³-hybridized carbons (Fsp3) is 0.688. The number of unbranched alkanes of at least 4 members (excludes halogenated alkanes) is 4.